The van der Waals surface area contributed by atoms with Gasteiger partial charge in [-0.1, -0.05) is 12.1 Å². The molecular formula is C20H20N2O6. The normalized spacial score (nSPS) is 15.9. The van der Waals surface area contributed by atoms with Crippen molar-refractivity contribution in [3.05, 3.63) is 53.5 Å². The number of barbiturate groups is 1. The number of benzene rings is 1. The Kier molecular flexibility index (Phi) is 5.49. The monoisotopic (exact) mass is 384 g/mol. The summed E-state index contributed by atoms with van der Waals surface area (Å²) >= 11 is 0. The molecule has 1 N–H and O–H groups in total. The molecule has 0 atom stereocenters. The van der Waals surface area contributed by atoms with Gasteiger partial charge in [0.25, 0.3) is 11.8 Å². The molecule has 1 aromatic heterocycles. The molecule has 0 bridgehead atoms. The molecular weight excluding hydrogens is 364 g/mol. The molecule has 2 heterocycles. The van der Waals surface area contributed by atoms with Gasteiger partial charge < -0.3 is 13.9 Å². The lowest BCUT2D eigenvalue weighted by atomic mass is 10.1. The molecule has 0 spiro atoms. The summed E-state index contributed by atoms with van der Waals surface area (Å²) < 4.78 is 16.3. The third kappa shape index (κ3) is 3.90. The molecule has 3 rings (SSSR count). The smallest absolute Gasteiger partial charge is 0.331 e. The van der Waals surface area contributed by atoms with Crippen molar-refractivity contribution in [1.29, 1.82) is 0 Å². The fraction of sp³-hybridized carbons (Fsp3) is 0.250. The number of furan rings is 1. The van der Waals surface area contributed by atoms with Crippen LogP contribution < -0.4 is 14.8 Å². The number of ether oxygens (including phenoxy) is 2. The molecule has 0 saturated carbocycles. The van der Waals surface area contributed by atoms with Gasteiger partial charge in [0.05, 0.1) is 26.0 Å². The Balaban J connectivity index is 1.99. The first-order valence-corrected chi connectivity index (χ1v) is 8.65. The van der Waals surface area contributed by atoms with E-state index in [1.54, 1.807) is 30.3 Å². The van der Waals surface area contributed by atoms with Crippen LogP contribution in [0.15, 0.2) is 46.6 Å². The van der Waals surface area contributed by atoms with E-state index in [4.69, 9.17) is 13.9 Å². The van der Waals surface area contributed by atoms with Gasteiger partial charge in [0, 0.05) is 5.56 Å². The van der Waals surface area contributed by atoms with Crippen molar-refractivity contribution < 1.29 is 28.3 Å². The lowest BCUT2D eigenvalue weighted by Crippen LogP contribution is -2.53. The van der Waals surface area contributed by atoms with Gasteiger partial charge in [0.15, 0.2) is 11.5 Å². The van der Waals surface area contributed by atoms with Crippen LogP contribution in [-0.4, -0.2) is 36.0 Å². The quantitative estimate of drug-likeness (QED) is 0.607. The SMILES string of the molecule is COc1cccc(C=C2C(=O)NC(=O)N(Cc3ccco3)C2=O)c1OC(C)C. The maximum Gasteiger partial charge on any atom is 0.331 e. The van der Waals surface area contributed by atoms with Crippen molar-refractivity contribution >= 4 is 23.9 Å². The Bertz CT molecular complexity index is 930. The van der Waals surface area contributed by atoms with Crippen LogP contribution in [0.25, 0.3) is 6.08 Å². The van der Waals surface area contributed by atoms with E-state index in [0.717, 1.165) is 4.90 Å². The van der Waals surface area contributed by atoms with E-state index in [2.05, 4.69) is 5.32 Å². The number of methoxy groups -OCH3 is 1. The molecule has 1 fully saturated rings. The summed E-state index contributed by atoms with van der Waals surface area (Å²) in [6.07, 6.45) is 2.68. The van der Waals surface area contributed by atoms with E-state index < -0.39 is 17.8 Å². The van der Waals surface area contributed by atoms with E-state index in [9.17, 15) is 14.4 Å². The summed E-state index contributed by atoms with van der Waals surface area (Å²) in [6.45, 7) is 3.62. The van der Waals surface area contributed by atoms with Crippen LogP contribution in [-0.2, 0) is 16.1 Å². The van der Waals surface area contributed by atoms with E-state index in [0.29, 0.717) is 22.8 Å². The fourth-order valence-electron chi connectivity index (χ4n) is 2.72. The molecule has 1 aromatic carbocycles. The second kappa shape index (κ2) is 7.99. The van der Waals surface area contributed by atoms with Gasteiger partial charge in [-0.25, -0.2) is 4.79 Å². The highest BCUT2D eigenvalue weighted by Crippen LogP contribution is 2.34. The number of para-hydroxylation sites is 1. The summed E-state index contributed by atoms with van der Waals surface area (Å²) in [5.74, 6) is -0.201. The Morgan fingerprint density at radius 2 is 1.96 bits per heavy atom. The Morgan fingerprint density at radius 1 is 1.18 bits per heavy atom. The minimum absolute atomic E-state index is 0.0876. The zero-order chi connectivity index (χ0) is 20.3. The first-order chi connectivity index (χ1) is 13.4. The van der Waals surface area contributed by atoms with Crippen molar-refractivity contribution in [2.24, 2.45) is 0 Å². The number of nitrogens with zero attached hydrogens (tertiary/aromatic N) is 1. The van der Waals surface area contributed by atoms with Crippen molar-refractivity contribution in [2.45, 2.75) is 26.5 Å². The Morgan fingerprint density at radius 3 is 2.61 bits per heavy atom. The topological polar surface area (TPSA) is 98.1 Å². The highest BCUT2D eigenvalue weighted by Gasteiger charge is 2.36. The maximum atomic E-state index is 12.8. The Labute approximate surface area is 161 Å². The molecule has 0 aliphatic carbocycles. The van der Waals surface area contributed by atoms with E-state index >= 15 is 0 Å². The van der Waals surface area contributed by atoms with Gasteiger partial charge in [-0.15, -0.1) is 0 Å². The van der Waals surface area contributed by atoms with Crippen LogP contribution >= 0.6 is 0 Å². The average molecular weight is 384 g/mol. The zero-order valence-corrected chi connectivity index (χ0v) is 15.7. The van der Waals surface area contributed by atoms with Crippen LogP contribution in [0.2, 0.25) is 0 Å². The lowest BCUT2D eigenvalue weighted by Gasteiger charge is -2.25. The largest absolute Gasteiger partial charge is 0.493 e. The Hall–Kier alpha value is -3.55. The molecule has 8 nitrogen and oxygen atoms in total. The predicted octanol–water partition coefficient (Wildman–Crippen LogP) is 2.74. The third-order valence-corrected chi connectivity index (χ3v) is 3.96. The zero-order valence-electron chi connectivity index (χ0n) is 15.7. The first-order valence-electron chi connectivity index (χ1n) is 8.65. The molecule has 1 saturated heterocycles. The molecule has 8 heteroatoms. The molecule has 0 radical (unpaired) electrons. The number of amides is 4. The number of hydrogen-bond donors (Lipinski definition) is 1. The van der Waals surface area contributed by atoms with Crippen LogP contribution in [0.1, 0.15) is 25.2 Å². The number of rotatable bonds is 6. The summed E-state index contributed by atoms with van der Waals surface area (Å²) in [6, 6.07) is 7.62. The van der Waals surface area contributed by atoms with Gasteiger partial charge in [0.2, 0.25) is 0 Å². The number of nitrogens with one attached hydrogen (secondary N) is 1. The molecule has 146 valence electrons. The number of hydrogen-bond acceptors (Lipinski definition) is 6. The summed E-state index contributed by atoms with van der Waals surface area (Å²) in [4.78, 5) is 38.2. The molecule has 0 unspecified atom stereocenters. The number of imide groups is 2. The molecule has 28 heavy (non-hydrogen) atoms. The summed E-state index contributed by atoms with van der Waals surface area (Å²) in [5, 5.41) is 2.18. The van der Waals surface area contributed by atoms with E-state index in [1.165, 1.54) is 19.4 Å². The maximum absolute atomic E-state index is 12.8. The number of carbonyl (C=O) groups is 3. The summed E-state index contributed by atoms with van der Waals surface area (Å²) in [7, 11) is 1.50. The third-order valence-electron chi connectivity index (χ3n) is 3.96. The minimum Gasteiger partial charge on any atom is -0.493 e. The van der Waals surface area contributed by atoms with Crippen LogP contribution in [0.4, 0.5) is 4.79 Å². The molecule has 1 aliphatic heterocycles. The van der Waals surface area contributed by atoms with Gasteiger partial charge >= 0.3 is 6.03 Å². The van der Waals surface area contributed by atoms with Crippen LogP contribution in [0, 0.1) is 0 Å². The van der Waals surface area contributed by atoms with Crippen molar-refractivity contribution in [3.63, 3.8) is 0 Å². The van der Waals surface area contributed by atoms with Crippen molar-refractivity contribution in [2.75, 3.05) is 7.11 Å². The minimum atomic E-state index is -0.798. The van der Waals surface area contributed by atoms with Gasteiger partial charge in [0.1, 0.15) is 11.3 Å². The van der Waals surface area contributed by atoms with Gasteiger partial charge in [-0.2, -0.15) is 0 Å². The second-order valence-electron chi connectivity index (χ2n) is 6.33. The number of urea groups is 1. The highest BCUT2D eigenvalue weighted by atomic mass is 16.5. The lowest BCUT2D eigenvalue weighted by molar-refractivity contribution is -0.130. The molecule has 2 aromatic rings. The standard InChI is InChI=1S/C20H20N2O6/c1-12(2)28-17-13(6-4-8-16(17)26-3)10-15-18(23)21-20(25)22(19(15)24)11-14-7-5-9-27-14/h4-10,12H,11H2,1-3H3,(H,21,23,25). The molecule has 4 amide bonds. The highest BCUT2D eigenvalue weighted by molar-refractivity contribution is 6.31. The van der Waals surface area contributed by atoms with E-state index in [-0.39, 0.29) is 18.2 Å². The average Bonchev–Trinajstić information content (AvgIpc) is 3.16. The van der Waals surface area contributed by atoms with E-state index in [1.807, 2.05) is 13.8 Å². The van der Waals surface area contributed by atoms with Crippen molar-refractivity contribution in [3.8, 4) is 11.5 Å². The fourth-order valence-corrected chi connectivity index (χ4v) is 2.72. The first kappa shape index (κ1) is 19.2. The molecule has 1 aliphatic rings. The van der Waals surface area contributed by atoms with Crippen molar-refractivity contribution in [1.82, 2.24) is 10.2 Å². The van der Waals surface area contributed by atoms with Gasteiger partial charge in [-0.3, -0.25) is 19.8 Å². The van der Waals surface area contributed by atoms with Crippen LogP contribution in [0.3, 0.4) is 0 Å². The number of carbonyl (C=O) groups excluding carboxylic acids is 3. The predicted molar refractivity (Wildman–Crippen MR) is 99.5 cm³/mol. The van der Waals surface area contributed by atoms with Crippen LogP contribution in [0.5, 0.6) is 11.5 Å². The second-order valence-corrected chi connectivity index (χ2v) is 6.33. The van der Waals surface area contributed by atoms with Gasteiger partial charge in [-0.05, 0) is 38.1 Å². The summed E-state index contributed by atoms with van der Waals surface area (Å²) in [5.41, 5.74) is 0.298.